The van der Waals surface area contributed by atoms with Crippen molar-refractivity contribution < 1.29 is 5.11 Å². The molecule has 0 aliphatic rings. The zero-order valence-electron chi connectivity index (χ0n) is 19.6. The number of aliphatic hydroxyl groups is 1. The predicted octanol–water partition coefficient (Wildman–Crippen LogP) is 8.63. The van der Waals surface area contributed by atoms with Gasteiger partial charge in [0.2, 0.25) is 0 Å². The Morgan fingerprint density at radius 3 is 1.14 bits per heavy atom. The van der Waals surface area contributed by atoms with Crippen molar-refractivity contribution in [3.05, 3.63) is 58.2 Å². The maximum Gasteiger partial charge on any atom is 0.0433 e. The lowest BCUT2D eigenvalue weighted by molar-refractivity contribution is 0.289. The van der Waals surface area contributed by atoms with Crippen LogP contribution in [0, 0.1) is 0 Å². The van der Waals surface area contributed by atoms with E-state index in [1.807, 2.05) is 0 Å². The zero-order chi connectivity index (χ0) is 21.2. The minimum absolute atomic E-state index is 0.294. The van der Waals surface area contributed by atoms with Gasteiger partial charge in [0.1, 0.15) is 0 Å². The van der Waals surface area contributed by atoms with Crippen molar-refractivity contribution in [1.82, 2.24) is 0 Å². The summed E-state index contributed by atoms with van der Waals surface area (Å²) in [4.78, 5) is 0. The first kappa shape index (κ1) is 26.7. The summed E-state index contributed by atoms with van der Waals surface area (Å²) in [6, 6.07) is 0. The van der Waals surface area contributed by atoms with Gasteiger partial charge in [-0.1, -0.05) is 58.2 Å². The van der Waals surface area contributed by atoms with E-state index >= 15 is 0 Å². The van der Waals surface area contributed by atoms with Gasteiger partial charge >= 0.3 is 0 Å². The second-order valence-electron chi connectivity index (χ2n) is 8.50. The SMILES string of the molecule is CC(C)=CCCC(C)=CCCC(C)=CCC/C(C)=C/CC/C(C)=C/CCCO. The standard InChI is InChI=1S/C27H46O/c1-23(2)13-9-15-25(4)17-11-19-27(6)21-12-20-26(5)18-10-16-24(3)14-7-8-22-28/h13-14,17-18,21,28H,7-12,15-16,19-20,22H2,1-6H3/b24-14+,25-17?,26-18+,27-21?. The second-order valence-corrected chi connectivity index (χ2v) is 8.50. The molecule has 0 spiro atoms. The van der Waals surface area contributed by atoms with Crippen LogP contribution in [0.15, 0.2) is 58.2 Å². The highest BCUT2D eigenvalue weighted by Crippen LogP contribution is 2.15. The van der Waals surface area contributed by atoms with Crippen molar-refractivity contribution >= 4 is 0 Å². The molecule has 0 fully saturated rings. The Morgan fingerprint density at radius 2 is 0.821 bits per heavy atom. The molecule has 0 aliphatic heterocycles. The highest BCUT2D eigenvalue weighted by Gasteiger charge is 1.94. The van der Waals surface area contributed by atoms with Crippen LogP contribution in [0.2, 0.25) is 0 Å². The van der Waals surface area contributed by atoms with Crippen molar-refractivity contribution in [1.29, 1.82) is 0 Å². The van der Waals surface area contributed by atoms with E-state index in [1.165, 1.54) is 60.0 Å². The summed E-state index contributed by atoms with van der Waals surface area (Å²) in [6.07, 6.45) is 23.0. The molecule has 1 N–H and O–H groups in total. The predicted molar refractivity (Wildman–Crippen MR) is 128 cm³/mol. The van der Waals surface area contributed by atoms with Crippen molar-refractivity contribution in [3.8, 4) is 0 Å². The average molecular weight is 387 g/mol. The summed E-state index contributed by atoms with van der Waals surface area (Å²) in [5, 5.41) is 8.82. The van der Waals surface area contributed by atoms with Gasteiger partial charge in [-0.15, -0.1) is 0 Å². The van der Waals surface area contributed by atoms with Crippen molar-refractivity contribution in [2.24, 2.45) is 0 Å². The molecule has 0 atom stereocenters. The fraction of sp³-hybridized carbons (Fsp3) is 0.630. The topological polar surface area (TPSA) is 20.2 Å². The molecule has 0 radical (unpaired) electrons. The van der Waals surface area contributed by atoms with E-state index in [-0.39, 0.29) is 0 Å². The lowest BCUT2D eigenvalue weighted by Crippen LogP contribution is -1.84. The molecule has 0 aromatic heterocycles. The van der Waals surface area contributed by atoms with Crippen LogP contribution in [0.3, 0.4) is 0 Å². The molecule has 0 amide bonds. The van der Waals surface area contributed by atoms with Crippen LogP contribution in [-0.2, 0) is 0 Å². The van der Waals surface area contributed by atoms with E-state index in [2.05, 4.69) is 71.9 Å². The molecule has 1 nitrogen and oxygen atoms in total. The molecule has 0 bridgehead atoms. The third-order valence-electron chi connectivity index (χ3n) is 5.04. The van der Waals surface area contributed by atoms with Crippen molar-refractivity contribution in [2.75, 3.05) is 6.61 Å². The van der Waals surface area contributed by atoms with Gasteiger partial charge in [-0.25, -0.2) is 0 Å². The van der Waals surface area contributed by atoms with E-state index in [4.69, 9.17) is 5.11 Å². The molecule has 28 heavy (non-hydrogen) atoms. The minimum Gasteiger partial charge on any atom is -0.396 e. The van der Waals surface area contributed by atoms with E-state index in [9.17, 15) is 0 Å². The molecule has 0 aromatic carbocycles. The first-order valence-electron chi connectivity index (χ1n) is 11.2. The van der Waals surface area contributed by atoms with Crippen LogP contribution in [-0.4, -0.2) is 11.7 Å². The van der Waals surface area contributed by atoms with Crippen LogP contribution in [0.4, 0.5) is 0 Å². The lowest BCUT2D eigenvalue weighted by Gasteiger charge is -2.03. The number of allylic oxidation sites excluding steroid dienone is 10. The Morgan fingerprint density at radius 1 is 0.500 bits per heavy atom. The molecule has 1 heteroatoms. The van der Waals surface area contributed by atoms with Gasteiger partial charge in [0.25, 0.3) is 0 Å². The molecule has 0 saturated heterocycles. The first-order chi connectivity index (χ1) is 13.3. The third kappa shape index (κ3) is 18.0. The van der Waals surface area contributed by atoms with Gasteiger partial charge in [-0.3, -0.25) is 0 Å². The van der Waals surface area contributed by atoms with Gasteiger partial charge in [0.05, 0.1) is 0 Å². The van der Waals surface area contributed by atoms with Gasteiger partial charge < -0.3 is 5.11 Å². The quantitative estimate of drug-likeness (QED) is 0.220. The minimum atomic E-state index is 0.294. The molecule has 160 valence electrons. The summed E-state index contributed by atoms with van der Waals surface area (Å²) < 4.78 is 0. The zero-order valence-corrected chi connectivity index (χ0v) is 19.6. The molecule has 0 heterocycles. The molecule has 0 aromatic rings. The van der Waals surface area contributed by atoms with E-state index in [0.29, 0.717) is 6.61 Å². The first-order valence-corrected chi connectivity index (χ1v) is 11.2. The fourth-order valence-electron chi connectivity index (χ4n) is 3.08. The van der Waals surface area contributed by atoms with Crippen LogP contribution >= 0.6 is 0 Å². The molecule has 0 saturated carbocycles. The maximum absolute atomic E-state index is 8.82. The number of unbranched alkanes of at least 4 members (excludes halogenated alkanes) is 1. The molecular weight excluding hydrogens is 340 g/mol. The number of hydrogen-bond donors (Lipinski definition) is 1. The number of hydrogen-bond acceptors (Lipinski definition) is 1. The highest BCUT2D eigenvalue weighted by atomic mass is 16.2. The third-order valence-corrected chi connectivity index (χ3v) is 5.04. The van der Waals surface area contributed by atoms with E-state index in [1.54, 1.807) is 0 Å². The maximum atomic E-state index is 8.82. The Balaban J connectivity index is 4.03. The molecule has 0 unspecified atom stereocenters. The van der Waals surface area contributed by atoms with Gasteiger partial charge in [-0.2, -0.15) is 0 Å². The van der Waals surface area contributed by atoms with Crippen LogP contribution in [0.25, 0.3) is 0 Å². The number of aliphatic hydroxyl groups excluding tert-OH is 1. The van der Waals surface area contributed by atoms with Crippen LogP contribution < -0.4 is 0 Å². The molecular formula is C27H46O. The highest BCUT2D eigenvalue weighted by molar-refractivity contribution is 5.08. The summed E-state index contributed by atoms with van der Waals surface area (Å²) in [5.41, 5.74) is 7.40. The monoisotopic (exact) mass is 386 g/mol. The fourth-order valence-corrected chi connectivity index (χ4v) is 3.08. The van der Waals surface area contributed by atoms with Crippen LogP contribution in [0.1, 0.15) is 106 Å². The van der Waals surface area contributed by atoms with Gasteiger partial charge in [0.15, 0.2) is 0 Å². The molecule has 0 aliphatic carbocycles. The Hall–Kier alpha value is -1.34. The second kappa shape index (κ2) is 17.7. The normalized spacial score (nSPS) is 13.8. The van der Waals surface area contributed by atoms with Gasteiger partial charge in [0, 0.05) is 6.61 Å². The number of rotatable bonds is 15. The Labute approximate surface area is 176 Å². The van der Waals surface area contributed by atoms with Crippen LogP contribution in [0.5, 0.6) is 0 Å². The van der Waals surface area contributed by atoms with E-state index in [0.717, 1.165) is 32.1 Å². The Bertz CT molecular complexity index is 551. The Kier molecular flexibility index (Phi) is 16.9. The smallest absolute Gasteiger partial charge is 0.0433 e. The summed E-state index contributed by atoms with van der Waals surface area (Å²) in [7, 11) is 0. The van der Waals surface area contributed by atoms with Crippen molar-refractivity contribution in [2.45, 2.75) is 106 Å². The summed E-state index contributed by atoms with van der Waals surface area (Å²) >= 11 is 0. The summed E-state index contributed by atoms with van der Waals surface area (Å²) in [6.45, 7) is 13.6. The lowest BCUT2D eigenvalue weighted by atomic mass is 10.0. The van der Waals surface area contributed by atoms with Gasteiger partial charge in [-0.05, 0) is 106 Å². The van der Waals surface area contributed by atoms with E-state index < -0.39 is 0 Å². The van der Waals surface area contributed by atoms with Crippen molar-refractivity contribution in [3.63, 3.8) is 0 Å². The summed E-state index contributed by atoms with van der Waals surface area (Å²) in [5.74, 6) is 0. The molecule has 0 rings (SSSR count). The largest absolute Gasteiger partial charge is 0.396 e. The average Bonchev–Trinajstić information content (AvgIpc) is 2.61.